The smallest absolute Gasteiger partial charge is 0.308 e. The minimum atomic E-state index is -0.659. The van der Waals surface area contributed by atoms with E-state index in [9.17, 15) is 9.90 Å². The number of carbonyl (C=O) groups is 1. The lowest BCUT2D eigenvalue weighted by molar-refractivity contribution is -0.142. The third kappa shape index (κ3) is 2.26. The summed E-state index contributed by atoms with van der Waals surface area (Å²) < 4.78 is 1.72. The van der Waals surface area contributed by atoms with Gasteiger partial charge in [-0.3, -0.25) is 14.4 Å². The molecule has 3 atom stereocenters. The molecule has 0 aliphatic carbocycles. The lowest BCUT2D eigenvalue weighted by Gasteiger charge is -2.21. The largest absolute Gasteiger partial charge is 0.481 e. The zero-order valence-corrected chi connectivity index (χ0v) is 10.8. The van der Waals surface area contributed by atoms with Gasteiger partial charge in [0.25, 0.3) is 0 Å². The van der Waals surface area contributed by atoms with Gasteiger partial charge in [0.15, 0.2) is 0 Å². The number of hydrogen-bond acceptors (Lipinski definition) is 4. The quantitative estimate of drug-likeness (QED) is 0.801. The Labute approximate surface area is 111 Å². The Bertz CT molecular complexity index is 473. The van der Waals surface area contributed by atoms with E-state index < -0.39 is 5.97 Å². The van der Waals surface area contributed by atoms with Crippen LogP contribution in [-0.4, -0.2) is 49.6 Å². The van der Waals surface area contributed by atoms with Gasteiger partial charge in [0.1, 0.15) is 0 Å². The summed E-state index contributed by atoms with van der Waals surface area (Å²) in [7, 11) is 0. The van der Waals surface area contributed by atoms with Gasteiger partial charge in [-0.2, -0.15) is 5.10 Å². The molecule has 104 valence electrons. The van der Waals surface area contributed by atoms with Crippen molar-refractivity contribution < 1.29 is 15.0 Å². The van der Waals surface area contributed by atoms with Gasteiger partial charge in [0.2, 0.25) is 0 Å². The van der Waals surface area contributed by atoms with Crippen LogP contribution in [0.15, 0.2) is 12.4 Å². The molecule has 6 heteroatoms. The van der Waals surface area contributed by atoms with Crippen molar-refractivity contribution in [3.05, 3.63) is 18.0 Å². The molecule has 0 saturated carbocycles. The summed E-state index contributed by atoms with van der Waals surface area (Å²) in [5.74, 6) is -0.862. The summed E-state index contributed by atoms with van der Waals surface area (Å²) in [6.45, 7) is 1.35. The first kappa shape index (κ1) is 12.6. The van der Waals surface area contributed by atoms with E-state index in [4.69, 9.17) is 5.11 Å². The van der Waals surface area contributed by atoms with Crippen LogP contribution < -0.4 is 0 Å². The molecule has 1 aromatic heterocycles. The molecular weight excluding hydrogens is 246 g/mol. The van der Waals surface area contributed by atoms with Gasteiger partial charge in [0.05, 0.1) is 25.3 Å². The van der Waals surface area contributed by atoms with Gasteiger partial charge in [-0.05, 0) is 19.3 Å². The Morgan fingerprint density at radius 2 is 2.32 bits per heavy atom. The number of aromatic nitrogens is 2. The van der Waals surface area contributed by atoms with Crippen LogP contribution in [0.4, 0.5) is 0 Å². The van der Waals surface area contributed by atoms with E-state index in [2.05, 4.69) is 10.00 Å². The Kier molecular flexibility index (Phi) is 3.28. The van der Waals surface area contributed by atoms with Crippen LogP contribution in [0.3, 0.4) is 0 Å². The predicted octanol–water partition coefficient (Wildman–Crippen LogP) is 0.313. The number of nitrogens with zero attached hydrogens (tertiary/aromatic N) is 3. The maximum Gasteiger partial charge on any atom is 0.308 e. The number of hydrogen-bond donors (Lipinski definition) is 2. The van der Waals surface area contributed by atoms with E-state index in [0.29, 0.717) is 12.6 Å². The summed E-state index contributed by atoms with van der Waals surface area (Å²) in [6.07, 6.45) is 6.63. The highest BCUT2D eigenvalue weighted by Gasteiger charge is 2.48. The second kappa shape index (κ2) is 4.94. The third-order valence-corrected chi connectivity index (χ3v) is 4.38. The molecule has 3 rings (SSSR count). The van der Waals surface area contributed by atoms with Crippen molar-refractivity contribution in [3.63, 3.8) is 0 Å². The molecule has 1 aromatic rings. The van der Waals surface area contributed by atoms with Crippen LogP contribution in [0.2, 0.25) is 0 Å². The van der Waals surface area contributed by atoms with Crippen LogP contribution in [0.25, 0.3) is 0 Å². The third-order valence-electron chi connectivity index (χ3n) is 4.38. The minimum absolute atomic E-state index is 0.0805. The first-order valence-electron chi connectivity index (χ1n) is 6.80. The van der Waals surface area contributed by atoms with Crippen molar-refractivity contribution in [2.45, 2.75) is 44.4 Å². The summed E-state index contributed by atoms with van der Waals surface area (Å²) >= 11 is 0. The molecule has 2 fully saturated rings. The molecule has 2 bridgehead atoms. The molecule has 3 unspecified atom stereocenters. The van der Waals surface area contributed by atoms with Crippen LogP contribution >= 0.6 is 0 Å². The number of fused-ring (bicyclic) bond motifs is 2. The van der Waals surface area contributed by atoms with E-state index in [1.807, 2.05) is 12.4 Å². The zero-order chi connectivity index (χ0) is 13.4. The number of rotatable bonds is 5. The monoisotopic (exact) mass is 265 g/mol. The van der Waals surface area contributed by atoms with Gasteiger partial charge in [-0.15, -0.1) is 0 Å². The zero-order valence-electron chi connectivity index (χ0n) is 10.8. The van der Waals surface area contributed by atoms with E-state index in [1.165, 1.54) is 0 Å². The Morgan fingerprint density at radius 1 is 1.47 bits per heavy atom. The van der Waals surface area contributed by atoms with Gasteiger partial charge in [-0.1, -0.05) is 0 Å². The molecule has 2 N–H and O–H groups in total. The van der Waals surface area contributed by atoms with Crippen molar-refractivity contribution in [2.24, 2.45) is 5.92 Å². The maximum absolute atomic E-state index is 11.2. The van der Waals surface area contributed by atoms with Crippen molar-refractivity contribution in [2.75, 3.05) is 6.61 Å². The van der Waals surface area contributed by atoms with E-state index >= 15 is 0 Å². The highest BCUT2D eigenvalue weighted by Crippen LogP contribution is 2.42. The fourth-order valence-electron chi connectivity index (χ4n) is 3.54. The van der Waals surface area contributed by atoms with E-state index in [1.54, 1.807) is 4.68 Å². The van der Waals surface area contributed by atoms with Crippen LogP contribution in [0, 0.1) is 5.92 Å². The average molecular weight is 265 g/mol. The molecule has 6 nitrogen and oxygen atoms in total. The number of aliphatic carboxylic acids is 1. The molecule has 19 heavy (non-hydrogen) atoms. The summed E-state index contributed by atoms with van der Waals surface area (Å²) in [5.41, 5.74) is 1.09. The van der Waals surface area contributed by atoms with Crippen LogP contribution in [0.1, 0.15) is 24.8 Å². The SMILES string of the molecule is O=C(O)C1CC2CCC1N2Cc1cnn(CCO)c1. The summed E-state index contributed by atoms with van der Waals surface area (Å²) in [4.78, 5) is 13.5. The number of aliphatic hydroxyl groups is 1. The van der Waals surface area contributed by atoms with Gasteiger partial charge >= 0.3 is 5.97 Å². The normalized spacial score (nSPS) is 30.1. The molecule has 2 saturated heterocycles. The number of carboxylic acid groups (broad SMARTS) is 1. The molecule has 0 radical (unpaired) electrons. The standard InChI is InChI=1S/C13H19N3O3/c17-4-3-15-7-9(6-14-15)8-16-10-1-2-12(16)11(5-10)13(18)19/h6-7,10-12,17H,1-5,8H2,(H,18,19). The van der Waals surface area contributed by atoms with Crippen LogP contribution in [0.5, 0.6) is 0 Å². The maximum atomic E-state index is 11.2. The van der Waals surface area contributed by atoms with Crippen LogP contribution in [-0.2, 0) is 17.9 Å². The molecule has 2 aliphatic heterocycles. The number of aliphatic hydroxyl groups excluding tert-OH is 1. The second-order valence-corrected chi connectivity index (χ2v) is 5.49. The Hall–Kier alpha value is -1.40. The Balaban J connectivity index is 1.68. The summed E-state index contributed by atoms with van der Waals surface area (Å²) in [5, 5.41) is 22.3. The lowest BCUT2D eigenvalue weighted by atomic mass is 9.89. The summed E-state index contributed by atoms with van der Waals surface area (Å²) in [6, 6.07) is 0.594. The van der Waals surface area contributed by atoms with Gasteiger partial charge in [-0.25, -0.2) is 0 Å². The minimum Gasteiger partial charge on any atom is -0.481 e. The van der Waals surface area contributed by atoms with E-state index in [-0.39, 0.29) is 18.6 Å². The topological polar surface area (TPSA) is 78.6 Å². The molecule has 2 aliphatic rings. The van der Waals surface area contributed by atoms with Crippen molar-refractivity contribution >= 4 is 5.97 Å². The first-order chi connectivity index (χ1) is 9.19. The Morgan fingerprint density at radius 3 is 3.00 bits per heavy atom. The predicted molar refractivity (Wildman–Crippen MR) is 67.4 cm³/mol. The number of carboxylic acids is 1. The molecule has 3 heterocycles. The fourth-order valence-corrected chi connectivity index (χ4v) is 3.54. The molecule has 0 amide bonds. The van der Waals surface area contributed by atoms with Gasteiger partial charge in [0, 0.05) is 30.4 Å². The highest BCUT2D eigenvalue weighted by molar-refractivity contribution is 5.71. The van der Waals surface area contributed by atoms with Crippen molar-refractivity contribution in [3.8, 4) is 0 Å². The van der Waals surface area contributed by atoms with Crippen molar-refractivity contribution in [1.29, 1.82) is 0 Å². The van der Waals surface area contributed by atoms with Gasteiger partial charge < -0.3 is 10.2 Å². The highest BCUT2D eigenvalue weighted by atomic mass is 16.4. The molecular formula is C13H19N3O3. The first-order valence-corrected chi connectivity index (χ1v) is 6.80. The molecule has 0 spiro atoms. The average Bonchev–Trinajstić information content (AvgIpc) is 3.06. The lowest BCUT2D eigenvalue weighted by Crippen LogP contribution is -2.32. The second-order valence-electron chi connectivity index (χ2n) is 5.49. The van der Waals surface area contributed by atoms with Crippen molar-refractivity contribution in [1.82, 2.24) is 14.7 Å². The fraction of sp³-hybridized carbons (Fsp3) is 0.692. The molecule has 0 aromatic carbocycles. The van der Waals surface area contributed by atoms with E-state index in [0.717, 1.165) is 31.4 Å².